The van der Waals surface area contributed by atoms with Crippen LogP contribution in [-0.2, 0) is 6.42 Å². The van der Waals surface area contributed by atoms with Crippen LogP contribution >= 0.6 is 0 Å². The van der Waals surface area contributed by atoms with Gasteiger partial charge in [0.05, 0.1) is 5.56 Å². The fourth-order valence-electron chi connectivity index (χ4n) is 3.10. The zero-order valence-corrected chi connectivity index (χ0v) is 14.1. The number of amides is 1. The topological polar surface area (TPSA) is 43.8 Å². The van der Waals surface area contributed by atoms with Gasteiger partial charge >= 0.3 is 0 Å². The smallest absolute Gasteiger partial charge is 0.257 e. The van der Waals surface area contributed by atoms with Crippen molar-refractivity contribution in [1.82, 2.24) is 9.80 Å². The number of carbonyl (C=O) groups is 1. The Labute approximate surface area is 143 Å². The second-order valence-electron chi connectivity index (χ2n) is 6.39. The quantitative estimate of drug-likeness (QED) is 0.940. The van der Waals surface area contributed by atoms with Gasteiger partial charge in [-0.15, -0.1) is 0 Å². The summed E-state index contributed by atoms with van der Waals surface area (Å²) in [5.41, 5.74) is 2.70. The van der Waals surface area contributed by atoms with Crippen molar-refractivity contribution in [2.24, 2.45) is 0 Å². The van der Waals surface area contributed by atoms with Crippen LogP contribution in [0.25, 0.3) is 0 Å². The van der Waals surface area contributed by atoms with Crippen molar-refractivity contribution in [1.29, 1.82) is 0 Å². The van der Waals surface area contributed by atoms with E-state index in [2.05, 4.69) is 29.2 Å². The lowest BCUT2D eigenvalue weighted by Gasteiger charge is -2.34. The molecule has 0 aromatic heterocycles. The Bertz CT molecular complexity index is 692. The number of benzene rings is 2. The van der Waals surface area contributed by atoms with Crippen molar-refractivity contribution in [3.8, 4) is 5.75 Å². The van der Waals surface area contributed by atoms with Crippen LogP contribution in [0.4, 0.5) is 0 Å². The Balaban J connectivity index is 1.52. The van der Waals surface area contributed by atoms with Gasteiger partial charge in [0.25, 0.3) is 5.91 Å². The zero-order valence-electron chi connectivity index (χ0n) is 14.1. The predicted octanol–water partition coefficient (Wildman–Crippen LogP) is 2.70. The number of aromatic hydroxyl groups is 1. The number of aryl methyl sites for hydroxylation is 1. The van der Waals surface area contributed by atoms with E-state index < -0.39 is 0 Å². The molecular weight excluding hydrogens is 300 g/mol. The first-order chi connectivity index (χ1) is 11.6. The standard InChI is InChI=1S/C20H24N2O2/c1-16-7-8-18(19(23)15-16)20(24)22-13-11-21(12-14-22)10-9-17-5-3-2-4-6-17/h2-8,15,23H,9-14H2,1H3. The number of piperazine rings is 1. The summed E-state index contributed by atoms with van der Waals surface area (Å²) in [5, 5.41) is 10.00. The Morgan fingerprint density at radius 1 is 1.04 bits per heavy atom. The van der Waals surface area contributed by atoms with Gasteiger partial charge in [-0.05, 0) is 36.6 Å². The van der Waals surface area contributed by atoms with E-state index in [0.29, 0.717) is 18.7 Å². The molecular formula is C20H24N2O2. The predicted molar refractivity (Wildman–Crippen MR) is 95.3 cm³/mol. The molecule has 1 heterocycles. The summed E-state index contributed by atoms with van der Waals surface area (Å²) in [6, 6.07) is 15.7. The van der Waals surface area contributed by atoms with Crippen LogP contribution in [0.15, 0.2) is 48.5 Å². The molecule has 0 aliphatic carbocycles. The summed E-state index contributed by atoms with van der Waals surface area (Å²) < 4.78 is 0. The molecule has 4 heteroatoms. The van der Waals surface area contributed by atoms with E-state index in [1.807, 2.05) is 24.0 Å². The molecule has 0 atom stereocenters. The Hall–Kier alpha value is -2.33. The Morgan fingerprint density at radius 3 is 2.42 bits per heavy atom. The molecule has 0 radical (unpaired) electrons. The third-order valence-electron chi connectivity index (χ3n) is 4.60. The van der Waals surface area contributed by atoms with Crippen LogP contribution in [0.1, 0.15) is 21.5 Å². The van der Waals surface area contributed by atoms with Crippen LogP contribution in [0, 0.1) is 6.92 Å². The molecule has 0 spiro atoms. The molecule has 1 saturated heterocycles. The van der Waals surface area contributed by atoms with Crippen molar-refractivity contribution in [2.75, 3.05) is 32.7 Å². The molecule has 1 N–H and O–H groups in total. The fraction of sp³-hybridized carbons (Fsp3) is 0.350. The molecule has 1 aliphatic rings. The van der Waals surface area contributed by atoms with Crippen LogP contribution in [-0.4, -0.2) is 53.5 Å². The lowest BCUT2D eigenvalue weighted by atomic mass is 10.1. The molecule has 0 bridgehead atoms. The number of phenolic OH excluding ortho intramolecular Hbond substituents is 1. The lowest BCUT2D eigenvalue weighted by Crippen LogP contribution is -2.49. The summed E-state index contributed by atoms with van der Waals surface area (Å²) in [6.45, 7) is 6.10. The minimum atomic E-state index is -0.0739. The fourth-order valence-corrected chi connectivity index (χ4v) is 3.10. The maximum Gasteiger partial charge on any atom is 0.257 e. The van der Waals surface area contributed by atoms with Gasteiger partial charge in [-0.25, -0.2) is 0 Å². The highest BCUT2D eigenvalue weighted by Gasteiger charge is 2.23. The average Bonchev–Trinajstić information content (AvgIpc) is 2.61. The number of phenols is 1. The third-order valence-corrected chi connectivity index (χ3v) is 4.60. The van der Waals surface area contributed by atoms with Gasteiger partial charge in [0.2, 0.25) is 0 Å². The van der Waals surface area contributed by atoms with Gasteiger partial charge in [0, 0.05) is 32.7 Å². The summed E-state index contributed by atoms with van der Waals surface area (Å²) in [7, 11) is 0. The average molecular weight is 324 g/mol. The van der Waals surface area contributed by atoms with Gasteiger partial charge in [0.1, 0.15) is 5.75 Å². The SMILES string of the molecule is Cc1ccc(C(=O)N2CCN(CCc3ccccc3)CC2)c(O)c1. The van der Waals surface area contributed by atoms with E-state index in [4.69, 9.17) is 0 Å². The highest BCUT2D eigenvalue weighted by Crippen LogP contribution is 2.21. The first kappa shape index (κ1) is 16.5. The second-order valence-corrected chi connectivity index (χ2v) is 6.39. The van der Waals surface area contributed by atoms with E-state index in [1.54, 1.807) is 12.1 Å². The normalized spacial score (nSPS) is 15.5. The summed E-state index contributed by atoms with van der Waals surface area (Å²) in [4.78, 5) is 16.8. The van der Waals surface area contributed by atoms with E-state index in [1.165, 1.54) is 5.56 Å². The minimum Gasteiger partial charge on any atom is -0.507 e. The maximum absolute atomic E-state index is 12.6. The number of hydrogen-bond acceptors (Lipinski definition) is 3. The first-order valence-corrected chi connectivity index (χ1v) is 8.48. The highest BCUT2D eigenvalue weighted by atomic mass is 16.3. The minimum absolute atomic E-state index is 0.0739. The largest absolute Gasteiger partial charge is 0.507 e. The first-order valence-electron chi connectivity index (χ1n) is 8.48. The van der Waals surface area contributed by atoms with Gasteiger partial charge in [0.15, 0.2) is 0 Å². The monoisotopic (exact) mass is 324 g/mol. The molecule has 2 aromatic rings. The zero-order chi connectivity index (χ0) is 16.9. The lowest BCUT2D eigenvalue weighted by molar-refractivity contribution is 0.0635. The Morgan fingerprint density at radius 2 is 1.75 bits per heavy atom. The number of nitrogens with zero attached hydrogens (tertiary/aromatic N) is 2. The van der Waals surface area contributed by atoms with Crippen molar-refractivity contribution < 1.29 is 9.90 Å². The maximum atomic E-state index is 12.6. The van der Waals surface area contributed by atoms with Crippen LogP contribution < -0.4 is 0 Å². The van der Waals surface area contributed by atoms with Gasteiger partial charge in [-0.1, -0.05) is 36.4 Å². The van der Waals surface area contributed by atoms with Crippen molar-refractivity contribution in [3.05, 3.63) is 65.2 Å². The number of hydrogen-bond donors (Lipinski definition) is 1. The second kappa shape index (κ2) is 7.49. The molecule has 1 aliphatic heterocycles. The molecule has 4 nitrogen and oxygen atoms in total. The highest BCUT2D eigenvalue weighted by molar-refractivity contribution is 5.97. The van der Waals surface area contributed by atoms with Crippen molar-refractivity contribution >= 4 is 5.91 Å². The summed E-state index contributed by atoms with van der Waals surface area (Å²) in [5.74, 6) is 0.00159. The number of carbonyl (C=O) groups excluding carboxylic acids is 1. The van der Waals surface area contributed by atoms with E-state index in [0.717, 1.165) is 31.6 Å². The molecule has 24 heavy (non-hydrogen) atoms. The van der Waals surface area contributed by atoms with Gasteiger partial charge in [-0.2, -0.15) is 0 Å². The Kier molecular flexibility index (Phi) is 5.16. The van der Waals surface area contributed by atoms with E-state index in [-0.39, 0.29) is 11.7 Å². The molecule has 1 fully saturated rings. The molecule has 2 aromatic carbocycles. The molecule has 0 saturated carbocycles. The van der Waals surface area contributed by atoms with Crippen molar-refractivity contribution in [2.45, 2.75) is 13.3 Å². The van der Waals surface area contributed by atoms with E-state index in [9.17, 15) is 9.90 Å². The van der Waals surface area contributed by atoms with E-state index >= 15 is 0 Å². The van der Waals surface area contributed by atoms with Crippen LogP contribution in [0.3, 0.4) is 0 Å². The molecule has 1 amide bonds. The molecule has 0 unspecified atom stereocenters. The van der Waals surface area contributed by atoms with Crippen LogP contribution in [0.2, 0.25) is 0 Å². The molecule has 126 valence electrons. The third kappa shape index (κ3) is 3.95. The van der Waals surface area contributed by atoms with Gasteiger partial charge in [-0.3, -0.25) is 9.69 Å². The number of rotatable bonds is 4. The van der Waals surface area contributed by atoms with Gasteiger partial charge < -0.3 is 10.0 Å². The summed E-state index contributed by atoms with van der Waals surface area (Å²) >= 11 is 0. The molecule has 3 rings (SSSR count). The summed E-state index contributed by atoms with van der Waals surface area (Å²) in [6.07, 6.45) is 1.04. The van der Waals surface area contributed by atoms with Crippen molar-refractivity contribution in [3.63, 3.8) is 0 Å². The van der Waals surface area contributed by atoms with Crippen LogP contribution in [0.5, 0.6) is 5.75 Å².